The first kappa shape index (κ1) is 29.4. The van der Waals surface area contributed by atoms with Gasteiger partial charge in [0.1, 0.15) is 12.4 Å². The average Bonchev–Trinajstić information content (AvgIpc) is 2.82. The van der Waals surface area contributed by atoms with E-state index >= 15 is 0 Å². The Hall–Kier alpha value is -1.66. The van der Waals surface area contributed by atoms with Gasteiger partial charge in [-0.3, -0.25) is 10.1 Å². The molecule has 0 atom stereocenters. The van der Waals surface area contributed by atoms with Crippen LogP contribution in [0.4, 0.5) is 0 Å². The highest BCUT2D eigenvalue weighted by Gasteiger charge is 2.13. The fourth-order valence-electron chi connectivity index (χ4n) is 3.75. The van der Waals surface area contributed by atoms with Gasteiger partial charge in [0.2, 0.25) is 0 Å². The lowest BCUT2D eigenvalue weighted by atomic mass is 10.0. The number of thiocarbonyl (C=S) groups is 1. The third-order valence-corrected chi connectivity index (χ3v) is 5.97. The largest absolute Gasteiger partial charge is 0.490 e. The van der Waals surface area contributed by atoms with Crippen molar-refractivity contribution in [1.82, 2.24) is 10.6 Å². The first-order chi connectivity index (χ1) is 16.2. The highest BCUT2D eigenvalue weighted by Crippen LogP contribution is 2.17. The first-order valence-electron chi connectivity index (χ1n) is 13.0. The summed E-state index contributed by atoms with van der Waals surface area (Å²) in [5.41, 5.74) is 0.467. The number of benzene rings is 1. The number of ether oxygens (including phenoxy) is 2. The van der Waals surface area contributed by atoms with Crippen molar-refractivity contribution in [3.63, 3.8) is 0 Å². The number of carbonyl (C=O) groups excluding carboxylic acids is 1. The van der Waals surface area contributed by atoms with Crippen LogP contribution >= 0.6 is 12.2 Å². The van der Waals surface area contributed by atoms with Gasteiger partial charge in [-0.25, -0.2) is 0 Å². The van der Waals surface area contributed by atoms with Gasteiger partial charge in [-0.1, -0.05) is 103 Å². The number of hydrogen-bond donors (Lipinski definition) is 2. The number of para-hydroxylation sites is 1. The molecule has 0 radical (unpaired) electrons. The van der Waals surface area contributed by atoms with Crippen LogP contribution in [-0.4, -0.2) is 37.9 Å². The first-order valence-corrected chi connectivity index (χ1v) is 13.4. The SMILES string of the molecule is CCCCCCCCCCCCCCCCNC(=S)NC(=O)c1ccccc1OCCOC. The summed E-state index contributed by atoms with van der Waals surface area (Å²) in [5.74, 6) is 0.267. The molecule has 0 saturated heterocycles. The van der Waals surface area contributed by atoms with Crippen molar-refractivity contribution in [2.45, 2.75) is 96.8 Å². The number of rotatable bonds is 20. The predicted octanol–water partition coefficient (Wildman–Crippen LogP) is 6.80. The van der Waals surface area contributed by atoms with E-state index in [2.05, 4.69) is 17.6 Å². The van der Waals surface area contributed by atoms with E-state index in [-0.39, 0.29) is 5.91 Å². The Morgan fingerprint density at radius 3 is 1.94 bits per heavy atom. The van der Waals surface area contributed by atoms with Crippen LogP contribution in [0.15, 0.2) is 24.3 Å². The normalized spacial score (nSPS) is 10.7. The van der Waals surface area contributed by atoms with Crippen molar-refractivity contribution in [3.8, 4) is 5.75 Å². The van der Waals surface area contributed by atoms with Gasteiger partial charge < -0.3 is 14.8 Å². The standard InChI is InChI=1S/C27H46N2O3S/c1-3-4-5-6-7-8-9-10-11-12-13-14-15-18-21-28-27(33)29-26(30)24-19-16-17-20-25(24)32-23-22-31-2/h16-17,19-20H,3-15,18,21-23H2,1-2H3,(H2,28,29,30,33). The van der Waals surface area contributed by atoms with Crippen LogP contribution in [0.5, 0.6) is 5.75 Å². The second kappa shape index (κ2) is 20.9. The third-order valence-electron chi connectivity index (χ3n) is 5.72. The minimum atomic E-state index is -0.263. The van der Waals surface area contributed by atoms with Gasteiger partial charge in [0.05, 0.1) is 12.2 Å². The van der Waals surface area contributed by atoms with Crippen molar-refractivity contribution >= 4 is 23.2 Å². The maximum absolute atomic E-state index is 12.5. The molecule has 0 spiro atoms. The van der Waals surface area contributed by atoms with E-state index in [9.17, 15) is 4.79 Å². The van der Waals surface area contributed by atoms with Crippen molar-refractivity contribution in [2.75, 3.05) is 26.9 Å². The zero-order valence-electron chi connectivity index (χ0n) is 21.0. The van der Waals surface area contributed by atoms with Gasteiger partial charge in [0.15, 0.2) is 5.11 Å². The second-order valence-corrected chi connectivity index (χ2v) is 9.05. The van der Waals surface area contributed by atoms with Crippen LogP contribution in [0.2, 0.25) is 0 Å². The zero-order chi connectivity index (χ0) is 24.0. The van der Waals surface area contributed by atoms with E-state index in [4.69, 9.17) is 21.7 Å². The molecular weight excluding hydrogens is 432 g/mol. The summed E-state index contributed by atoms with van der Waals surface area (Å²) in [6.45, 7) is 3.91. The Labute approximate surface area is 207 Å². The Balaban J connectivity index is 2.02. The van der Waals surface area contributed by atoms with Crippen LogP contribution in [-0.2, 0) is 4.74 Å². The maximum atomic E-state index is 12.5. The van der Waals surface area contributed by atoms with Crippen LogP contribution in [0.3, 0.4) is 0 Å². The Morgan fingerprint density at radius 1 is 0.818 bits per heavy atom. The summed E-state index contributed by atoms with van der Waals surface area (Å²) in [6, 6.07) is 7.15. The number of amides is 1. The van der Waals surface area contributed by atoms with E-state index in [1.807, 2.05) is 12.1 Å². The molecule has 0 aliphatic carbocycles. The van der Waals surface area contributed by atoms with Crippen molar-refractivity contribution < 1.29 is 14.3 Å². The summed E-state index contributed by atoms with van der Waals surface area (Å²) >= 11 is 5.28. The molecule has 0 saturated carbocycles. The fraction of sp³-hybridized carbons (Fsp3) is 0.704. The molecule has 5 nitrogen and oxygen atoms in total. The van der Waals surface area contributed by atoms with Crippen LogP contribution in [0.1, 0.15) is 107 Å². The van der Waals surface area contributed by atoms with Crippen molar-refractivity contribution in [2.24, 2.45) is 0 Å². The summed E-state index contributed by atoms with van der Waals surface area (Å²) in [4.78, 5) is 12.5. The number of carbonyl (C=O) groups is 1. The molecule has 33 heavy (non-hydrogen) atoms. The summed E-state index contributed by atoms with van der Waals surface area (Å²) < 4.78 is 10.6. The average molecular weight is 479 g/mol. The summed E-state index contributed by atoms with van der Waals surface area (Å²) in [6.07, 6.45) is 18.8. The minimum absolute atomic E-state index is 0.263. The maximum Gasteiger partial charge on any atom is 0.261 e. The van der Waals surface area contributed by atoms with Crippen LogP contribution in [0, 0.1) is 0 Å². The van der Waals surface area contributed by atoms with Gasteiger partial charge in [-0.15, -0.1) is 0 Å². The van der Waals surface area contributed by atoms with Crippen molar-refractivity contribution in [1.29, 1.82) is 0 Å². The van der Waals surface area contributed by atoms with E-state index < -0.39 is 0 Å². The third kappa shape index (κ3) is 15.7. The van der Waals surface area contributed by atoms with Gasteiger partial charge in [0, 0.05) is 13.7 Å². The molecule has 0 heterocycles. The molecule has 0 aromatic heterocycles. The minimum Gasteiger partial charge on any atom is -0.490 e. The van der Waals surface area contributed by atoms with E-state index in [1.54, 1.807) is 19.2 Å². The van der Waals surface area contributed by atoms with Gasteiger partial charge in [-0.2, -0.15) is 0 Å². The molecule has 0 bridgehead atoms. The molecule has 188 valence electrons. The quantitative estimate of drug-likeness (QED) is 0.159. The van der Waals surface area contributed by atoms with Gasteiger partial charge in [-0.05, 0) is 30.8 Å². The van der Waals surface area contributed by atoms with E-state index in [0.29, 0.717) is 29.6 Å². The Morgan fingerprint density at radius 2 is 1.36 bits per heavy atom. The topological polar surface area (TPSA) is 59.6 Å². The number of unbranched alkanes of at least 4 members (excludes halogenated alkanes) is 13. The van der Waals surface area contributed by atoms with Crippen LogP contribution in [0.25, 0.3) is 0 Å². The highest BCUT2D eigenvalue weighted by atomic mass is 32.1. The molecule has 0 aliphatic heterocycles. The molecule has 0 aliphatic rings. The smallest absolute Gasteiger partial charge is 0.261 e. The lowest BCUT2D eigenvalue weighted by molar-refractivity contribution is 0.0968. The second-order valence-electron chi connectivity index (χ2n) is 8.64. The van der Waals surface area contributed by atoms with Gasteiger partial charge >= 0.3 is 0 Å². The Bertz CT molecular complexity index is 640. The molecule has 1 rings (SSSR count). The molecular formula is C27H46N2O3S. The van der Waals surface area contributed by atoms with Crippen LogP contribution < -0.4 is 15.4 Å². The van der Waals surface area contributed by atoms with Gasteiger partial charge in [0.25, 0.3) is 5.91 Å². The predicted molar refractivity (Wildman–Crippen MR) is 142 cm³/mol. The molecule has 2 N–H and O–H groups in total. The number of nitrogens with one attached hydrogen (secondary N) is 2. The summed E-state index contributed by atoms with van der Waals surface area (Å²) in [5, 5.41) is 6.25. The van der Waals surface area contributed by atoms with E-state index in [0.717, 1.165) is 13.0 Å². The highest BCUT2D eigenvalue weighted by molar-refractivity contribution is 7.80. The molecule has 0 unspecified atom stereocenters. The monoisotopic (exact) mass is 478 g/mol. The molecule has 1 aromatic rings. The summed E-state index contributed by atoms with van der Waals surface area (Å²) in [7, 11) is 1.62. The zero-order valence-corrected chi connectivity index (χ0v) is 21.8. The lowest BCUT2D eigenvalue weighted by Crippen LogP contribution is -2.39. The Kier molecular flexibility index (Phi) is 18.6. The molecule has 1 aromatic carbocycles. The van der Waals surface area contributed by atoms with E-state index in [1.165, 1.54) is 83.5 Å². The fourth-order valence-corrected chi connectivity index (χ4v) is 3.95. The number of methoxy groups -OCH3 is 1. The van der Waals surface area contributed by atoms with Crippen molar-refractivity contribution in [3.05, 3.63) is 29.8 Å². The number of hydrogen-bond acceptors (Lipinski definition) is 4. The molecule has 1 amide bonds. The molecule has 0 fully saturated rings. The molecule has 6 heteroatoms. The lowest BCUT2D eigenvalue weighted by Gasteiger charge is -2.13.